The van der Waals surface area contributed by atoms with Crippen molar-refractivity contribution in [3.05, 3.63) is 23.9 Å². The zero-order valence-electron chi connectivity index (χ0n) is 11.4. The van der Waals surface area contributed by atoms with Gasteiger partial charge in [-0.1, -0.05) is 12.8 Å². The number of carbonyl (C=O) groups excluding carboxylic acids is 1. The molecule has 0 bridgehead atoms. The Balaban J connectivity index is 1.62. The summed E-state index contributed by atoms with van der Waals surface area (Å²) < 4.78 is 0. The third-order valence-corrected chi connectivity index (χ3v) is 4.35. The van der Waals surface area contributed by atoms with Crippen molar-refractivity contribution >= 4 is 11.7 Å². The first-order chi connectivity index (χ1) is 9.22. The average molecular weight is 259 g/mol. The number of hydrogen-bond acceptors (Lipinski definition) is 3. The molecule has 19 heavy (non-hydrogen) atoms. The topological polar surface area (TPSA) is 54.0 Å². The van der Waals surface area contributed by atoms with E-state index in [0.29, 0.717) is 17.8 Å². The van der Waals surface area contributed by atoms with E-state index in [1.54, 1.807) is 6.20 Å². The SMILES string of the molecule is Cc1ccnc(NC(=O)C2CC3CCCCC3N2)c1. The highest BCUT2D eigenvalue weighted by Crippen LogP contribution is 2.33. The summed E-state index contributed by atoms with van der Waals surface area (Å²) in [5.74, 6) is 1.41. The minimum atomic E-state index is -0.0459. The molecule has 2 heterocycles. The quantitative estimate of drug-likeness (QED) is 0.856. The summed E-state index contributed by atoms with van der Waals surface area (Å²) in [6.45, 7) is 2.00. The van der Waals surface area contributed by atoms with E-state index in [1.165, 1.54) is 25.7 Å². The van der Waals surface area contributed by atoms with Gasteiger partial charge in [0.2, 0.25) is 5.91 Å². The molecular formula is C15H21N3O. The molecule has 2 fully saturated rings. The van der Waals surface area contributed by atoms with E-state index in [1.807, 2.05) is 19.1 Å². The molecule has 3 atom stereocenters. The van der Waals surface area contributed by atoms with Crippen LogP contribution >= 0.6 is 0 Å². The summed E-state index contributed by atoms with van der Waals surface area (Å²) in [5, 5.41) is 6.41. The number of pyridine rings is 1. The van der Waals surface area contributed by atoms with E-state index in [-0.39, 0.29) is 11.9 Å². The highest BCUT2D eigenvalue weighted by Gasteiger charge is 2.38. The molecule has 102 valence electrons. The number of aromatic nitrogens is 1. The maximum absolute atomic E-state index is 12.3. The van der Waals surface area contributed by atoms with Crippen molar-refractivity contribution in [2.75, 3.05) is 5.32 Å². The van der Waals surface area contributed by atoms with Gasteiger partial charge in [0.1, 0.15) is 5.82 Å². The van der Waals surface area contributed by atoms with Crippen molar-refractivity contribution < 1.29 is 4.79 Å². The Kier molecular flexibility index (Phi) is 3.51. The fourth-order valence-corrected chi connectivity index (χ4v) is 3.34. The summed E-state index contributed by atoms with van der Waals surface area (Å²) in [4.78, 5) is 16.4. The predicted octanol–water partition coefficient (Wildman–Crippen LogP) is 2.25. The Bertz CT molecular complexity index is 460. The number of carbonyl (C=O) groups is 1. The maximum Gasteiger partial charge on any atom is 0.242 e. The summed E-state index contributed by atoms with van der Waals surface area (Å²) >= 11 is 0. The Labute approximate surface area is 114 Å². The van der Waals surface area contributed by atoms with Crippen LogP contribution in [0.1, 0.15) is 37.7 Å². The lowest BCUT2D eigenvalue weighted by atomic mass is 9.85. The minimum absolute atomic E-state index is 0.0459. The Hall–Kier alpha value is -1.42. The lowest BCUT2D eigenvalue weighted by Crippen LogP contribution is -2.40. The number of rotatable bonds is 2. The van der Waals surface area contributed by atoms with E-state index in [2.05, 4.69) is 15.6 Å². The smallest absolute Gasteiger partial charge is 0.242 e. The maximum atomic E-state index is 12.3. The van der Waals surface area contributed by atoms with Crippen LogP contribution in [-0.4, -0.2) is 23.0 Å². The van der Waals surface area contributed by atoms with Crippen molar-refractivity contribution in [3.8, 4) is 0 Å². The summed E-state index contributed by atoms with van der Waals surface area (Å²) in [6, 6.07) is 4.34. The van der Waals surface area contributed by atoms with Gasteiger partial charge < -0.3 is 10.6 Å². The first-order valence-electron chi connectivity index (χ1n) is 7.22. The van der Waals surface area contributed by atoms with Crippen LogP contribution in [0, 0.1) is 12.8 Å². The standard InChI is InChI=1S/C15H21N3O/c1-10-6-7-16-14(8-10)18-15(19)13-9-11-4-2-3-5-12(11)17-13/h6-8,11-13,17H,2-5,9H2,1H3,(H,16,18,19). The molecule has 2 aliphatic rings. The molecule has 0 spiro atoms. The molecule has 0 radical (unpaired) electrons. The normalized spacial score (nSPS) is 29.8. The Morgan fingerprint density at radius 3 is 3.05 bits per heavy atom. The molecule has 1 saturated heterocycles. The number of nitrogens with one attached hydrogen (secondary N) is 2. The molecule has 2 N–H and O–H groups in total. The van der Waals surface area contributed by atoms with E-state index in [0.717, 1.165) is 12.0 Å². The fourth-order valence-electron chi connectivity index (χ4n) is 3.34. The van der Waals surface area contributed by atoms with Crippen molar-refractivity contribution in [3.63, 3.8) is 0 Å². The average Bonchev–Trinajstić information content (AvgIpc) is 2.82. The van der Waals surface area contributed by atoms with Gasteiger partial charge in [-0.05, 0) is 49.8 Å². The molecule has 4 nitrogen and oxygen atoms in total. The second-order valence-electron chi connectivity index (χ2n) is 5.81. The minimum Gasteiger partial charge on any atom is -0.309 e. The molecule has 3 rings (SSSR count). The van der Waals surface area contributed by atoms with Crippen LogP contribution in [0.5, 0.6) is 0 Å². The van der Waals surface area contributed by atoms with Crippen molar-refractivity contribution in [1.82, 2.24) is 10.3 Å². The van der Waals surface area contributed by atoms with Crippen LogP contribution < -0.4 is 10.6 Å². The van der Waals surface area contributed by atoms with Crippen molar-refractivity contribution in [2.24, 2.45) is 5.92 Å². The summed E-state index contributed by atoms with van der Waals surface area (Å²) in [7, 11) is 0. The van der Waals surface area contributed by atoms with E-state index in [9.17, 15) is 4.79 Å². The molecule has 1 amide bonds. The number of hydrogen-bond donors (Lipinski definition) is 2. The molecule has 4 heteroatoms. The molecule has 1 aliphatic heterocycles. The predicted molar refractivity (Wildman–Crippen MR) is 74.9 cm³/mol. The second-order valence-corrected chi connectivity index (χ2v) is 5.81. The van der Waals surface area contributed by atoms with Gasteiger partial charge in [-0.2, -0.15) is 0 Å². The highest BCUT2D eigenvalue weighted by molar-refractivity contribution is 5.94. The first kappa shape index (κ1) is 12.6. The van der Waals surface area contributed by atoms with Crippen LogP contribution in [0.25, 0.3) is 0 Å². The Morgan fingerprint density at radius 1 is 1.42 bits per heavy atom. The van der Waals surface area contributed by atoms with Gasteiger partial charge in [-0.25, -0.2) is 4.98 Å². The van der Waals surface area contributed by atoms with Gasteiger partial charge in [0, 0.05) is 12.2 Å². The van der Waals surface area contributed by atoms with Gasteiger partial charge in [-0.15, -0.1) is 0 Å². The van der Waals surface area contributed by atoms with Crippen LogP contribution in [0.3, 0.4) is 0 Å². The number of aryl methyl sites for hydroxylation is 1. The molecule has 3 unspecified atom stereocenters. The molecule has 1 aromatic rings. The van der Waals surface area contributed by atoms with E-state index < -0.39 is 0 Å². The van der Waals surface area contributed by atoms with Gasteiger partial charge in [-0.3, -0.25) is 4.79 Å². The lowest BCUT2D eigenvalue weighted by molar-refractivity contribution is -0.117. The fraction of sp³-hybridized carbons (Fsp3) is 0.600. The lowest BCUT2D eigenvalue weighted by Gasteiger charge is -2.24. The monoisotopic (exact) mass is 259 g/mol. The van der Waals surface area contributed by atoms with Crippen LogP contribution in [0.15, 0.2) is 18.3 Å². The zero-order chi connectivity index (χ0) is 13.2. The third kappa shape index (κ3) is 2.78. The van der Waals surface area contributed by atoms with Crippen molar-refractivity contribution in [1.29, 1.82) is 0 Å². The zero-order valence-corrected chi connectivity index (χ0v) is 11.4. The largest absolute Gasteiger partial charge is 0.309 e. The molecule has 1 aromatic heterocycles. The highest BCUT2D eigenvalue weighted by atomic mass is 16.2. The number of fused-ring (bicyclic) bond motifs is 1. The molecule has 1 saturated carbocycles. The van der Waals surface area contributed by atoms with Gasteiger partial charge >= 0.3 is 0 Å². The third-order valence-electron chi connectivity index (χ3n) is 4.35. The summed E-state index contributed by atoms with van der Waals surface area (Å²) in [6.07, 6.45) is 7.80. The first-order valence-corrected chi connectivity index (χ1v) is 7.22. The Morgan fingerprint density at radius 2 is 2.26 bits per heavy atom. The van der Waals surface area contributed by atoms with Crippen LogP contribution in [0.4, 0.5) is 5.82 Å². The van der Waals surface area contributed by atoms with Gasteiger partial charge in [0.05, 0.1) is 6.04 Å². The van der Waals surface area contributed by atoms with Crippen LogP contribution in [-0.2, 0) is 4.79 Å². The van der Waals surface area contributed by atoms with E-state index in [4.69, 9.17) is 0 Å². The number of nitrogens with zero attached hydrogens (tertiary/aromatic N) is 1. The van der Waals surface area contributed by atoms with Crippen molar-refractivity contribution in [2.45, 2.75) is 51.1 Å². The van der Waals surface area contributed by atoms with Gasteiger partial charge in [0.25, 0.3) is 0 Å². The number of anilines is 1. The van der Waals surface area contributed by atoms with Gasteiger partial charge in [0.15, 0.2) is 0 Å². The molecule has 1 aliphatic carbocycles. The van der Waals surface area contributed by atoms with E-state index >= 15 is 0 Å². The molecular weight excluding hydrogens is 238 g/mol. The molecule has 0 aromatic carbocycles. The second kappa shape index (κ2) is 5.29. The van der Waals surface area contributed by atoms with Crippen LogP contribution in [0.2, 0.25) is 0 Å². The number of amides is 1. The summed E-state index contributed by atoms with van der Waals surface area (Å²) in [5.41, 5.74) is 1.11.